The summed E-state index contributed by atoms with van der Waals surface area (Å²) in [7, 11) is 0. The van der Waals surface area contributed by atoms with Crippen LogP contribution in [0.2, 0.25) is 0 Å². The van der Waals surface area contributed by atoms with Crippen molar-refractivity contribution in [3.05, 3.63) is 47.9 Å². The molecule has 0 atom stereocenters. The average Bonchev–Trinajstić information content (AvgIpc) is 2.23. The zero-order valence-electron chi connectivity index (χ0n) is 7.76. The van der Waals surface area contributed by atoms with Gasteiger partial charge in [-0.15, -0.1) is 0 Å². The van der Waals surface area contributed by atoms with Gasteiger partial charge in [0.05, 0.1) is 0 Å². The van der Waals surface area contributed by atoms with Crippen molar-refractivity contribution in [2.45, 2.75) is 0 Å². The van der Waals surface area contributed by atoms with E-state index in [1.807, 2.05) is 6.07 Å². The number of hydrogen-bond donors (Lipinski definition) is 1. The zero-order valence-corrected chi connectivity index (χ0v) is 11.5. The summed E-state index contributed by atoms with van der Waals surface area (Å²) in [6.45, 7) is 0. The lowest BCUT2D eigenvalue weighted by atomic mass is 10.2. The molecule has 0 saturated carbocycles. The van der Waals surface area contributed by atoms with Crippen molar-refractivity contribution >= 4 is 50.6 Å². The van der Waals surface area contributed by atoms with Crippen LogP contribution in [0, 0.1) is 3.57 Å². The zero-order chi connectivity index (χ0) is 12.1. The van der Waals surface area contributed by atoms with Gasteiger partial charge in [-0.2, -0.15) is 0 Å². The van der Waals surface area contributed by atoms with Crippen LogP contribution in [0.5, 0.6) is 0 Å². The molecule has 7 heteroatoms. The molecule has 16 heavy (non-hydrogen) atoms. The predicted octanol–water partition coefficient (Wildman–Crippen LogP) is 3.79. The molecule has 1 N–H and O–H groups in total. The molecular formula is C9H5BrIN3O2. The van der Waals surface area contributed by atoms with Crippen molar-refractivity contribution in [3.8, 4) is 0 Å². The van der Waals surface area contributed by atoms with Crippen molar-refractivity contribution in [1.82, 2.24) is 0 Å². The predicted molar refractivity (Wildman–Crippen MR) is 71.6 cm³/mol. The Morgan fingerprint density at radius 1 is 1.62 bits per heavy atom. The van der Waals surface area contributed by atoms with E-state index >= 15 is 0 Å². The number of halogens is 2. The molecule has 82 valence electrons. The third-order valence-electron chi connectivity index (χ3n) is 1.65. The number of rotatable bonds is 3. The first kappa shape index (κ1) is 13.0. The normalized spacial score (nSPS) is 10.8. The van der Waals surface area contributed by atoms with E-state index in [9.17, 15) is 4.79 Å². The largest absolute Gasteiger partial charge is 0.478 e. The number of hydrogen-bond acceptors (Lipinski definition) is 2. The van der Waals surface area contributed by atoms with Crippen molar-refractivity contribution in [3.63, 3.8) is 0 Å². The van der Waals surface area contributed by atoms with Crippen LogP contribution in [0.4, 0.5) is 0 Å². The summed E-state index contributed by atoms with van der Waals surface area (Å²) in [5.74, 6) is -1.26. The summed E-state index contributed by atoms with van der Waals surface area (Å²) in [6, 6.07) is 5.38. The highest BCUT2D eigenvalue weighted by molar-refractivity contribution is 14.1. The number of benzene rings is 1. The van der Waals surface area contributed by atoms with Crippen molar-refractivity contribution in [1.29, 1.82) is 0 Å². The fourth-order valence-electron chi connectivity index (χ4n) is 0.961. The molecule has 0 amide bonds. The summed E-state index contributed by atoms with van der Waals surface area (Å²) < 4.78 is 1.71. The Kier molecular flexibility index (Phi) is 4.78. The van der Waals surface area contributed by atoms with E-state index in [0.29, 0.717) is 5.56 Å². The van der Waals surface area contributed by atoms with E-state index in [2.05, 4.69) is 48.5 Å². The lowest BCUT2D eigenvalue weighted by molar-refractivity contribution is -0.132. The van der Waals surface area contributed by atoms with Crippen LogP contribution in [-0.2, 0) is 4.79 Å². The molecule has 0 aliphatic rings. The Balaban J connectivity index is 3.28. The van der Waals surface area contributed by atoms with E-state index in [1.165, 1.54) is 6.08 Å². The highest BCUT2D eigenvalue weighted by Crippen LogP contribution is 2.25. The molecule has 0 unspecified atom stereocenters. The van der Waals surface area contributed by atoms with Crippen LogP contribution >= 0.6 is 38.5 Å². The summed E-state index contributed by atoms with van der Waals surface area (Å²) in [4.78, 5) is 13.2. The topological polar surface area (TPSA) is 86.1 Å². The number of carboxylic acid groups (broad SMARTS) is 1. The van der Waals surface area contributed by atoms with Gasteiger partial charge >= 0.3 is 5.97 Å². The second kappa shape index (κ2) is 5.88. The minimum absolute atomic E-state index is 0.342. The van der Waals surface area contributed by atoms with E-state index in [-0.39, 0.29) is 5.70 Å². The minimum Gasteiger partial charge on any atom is -0.478 e. The van der Waals surface area contributed by atoms with Crippen molar-refractivity contribution in [2.75, 3.05) is 0 Å². The first-order valence-electron chi connectivity index (χ1n) is 4.00. The molecule has 0 bridgehead atoms. The van der Waals surface area contributed by atoms with Gasteiger partial charge in [0, 0.05) is 13.0 Å². The van der Waals surface area contributed by atoms with Gasteiger partial charge in [-0.1, -0.05) is 17.2 Å². The van der Waals surface area contributed by atoms with Gasteiger partial charge in [-0.05, 0) is 61.8 Å². The molecule has 1 aromatic carbocycles. The SMILES string of the molecule is [N-]=[N+]=N/C(=C\c1cccc(I)c1Br)C(=O)O. The highest BCUT2D eigenvalue weighted by Gasteiger charge is 2.07. The van der Waals surface area contributed by atoms with Gasteiger partial charge in [0.1, 0.15) is 5.70 Å². The Morgan fingerprint density at radius 2 is 2.31 bits per heavy atom. The lowest BCUT2D eigenvalue weighted by Crippen LogP contribution is -1.97. The van der Waals surface area contributed by atoms with Crippen LogP contribution in [0.15, 0.2) is 33.5 Å². The first-order valence-corrected chi connectivity index (χ1v) is 5.87. The maximum atomic E-state index is 10.7. The van der Waals surface area contributed by atoms with Gasteiger partial charge in [0.2, 0.25) is 0 Å². The third-order valence-corrected chi connectivity index (χ3v) is 4.17. The van der Waals surface area contributed by atoms with Crippen molar-refractivity contribution < 1.29 is 9.90 Å². The second-order valence-electron chi connectivity index (χ2n) is 2.67. The summed E-state index contributed by atoms with van der Waals surface area (Å²) >= 11 is 5.44. The molecule has 0 spiro atoms. The summed E-state index contributed by atoms with van der Waals surface area (Å²) in [5, 5.41) is 11.9. The molecular weight excluding hydrogens is 389 g/mol. The molecule has 0 saturated heterocycles. The third kappa shape index (κ3) is 3.22. The van der Waals surface area contributed by atoms with E-state index in [1.54, 1.807) is 12.1 Å². The molecule has 0 aliphatic carbocycles. The summed E-state index contributed by atoms with van der Waals surface area (Å²) in [5.41, 5.74) is 8.54. The van der Waals surface area contributed by atoms with E-state index < -0.39 is 5.97 Å². The molecule has 0 aliphatic heterocycles. The molecule has 5 nitrogen and oxygen atoms in total. The first-order chi connectivity index (χ1) is 7.56. The van der Waals surface area contributed by atoms with Crippen LogP contribution < -0.4 is 0 Å². The quantitative estimate of drug-likeness (QED) is 0.278. The lowest BCUT2D eigenvalue weighted by Gasteiger charge is -2.01. The molecule has 0 heterocycles. The van der Waals surface area contributed by atoms with E-state index in [4.69, 9.17) is 10.6 Å². The number of nitrogens with zero attached hydrogens (tertiary/aromatic N) is 3. The fraction of sp³-hybridized carbons (Fsp3) is 0. The summed E-state index contributed by atoms with van der Waals surface area (Å²) in [6.07, 6.45) is 1.31. The molecule has 0 radical (unpaired) electrons. The van der Waals surface area contributed by atoms with Gasteiger partial charge in [0.15, 0.2) is 0 Å². The minimum atomic E-state index is -1.26. The van der Waals surface area contributed by atoms with Crippen molar-refractivity contribution in [2.24, 2.45) is 5.11 Å². The number of azide groups is 1. The molecule has 1 aromatic rings. The Labute approximate surface area is 113 Å². The molecule has 1 rings (SSSR count). The Morgan fingerprint density at radius 3 is 2.88 bits per heavy atom. The molecule has 0 aromatic heterocycles. The number of aliphatic carboxylic acids is 1. The fourth-order valence-corrected chi connectivity index (χ4v) is 1.86. The average molecular weight is 394 g/mol. The number of carboxylic acids is 1. The highest BCUT2D eigenvalue weighted by atomic mass is 127. The second-order valence-corrected chi connectivity index (χ2v) is 4.62. The Hall–Kier alpha value is -1.05. The molecule has 0 fully saturated rings. The van der Waals surface area contributed by atoms with E-state index in [0.717, 1.165) is 8.04 Å². The number of carbonyl (C=O) groups is 1. The van der Waals surface area contributed by atoms with Gasteiger partial charge in [0.25, 0.3) is 0 Å². The van der Waals surface area contributed by atoms with Gasteiger partial charge in [-0.3, -0.25) is 0 Å². The van der Waals surface area contributed by atoms with Crippen LogP contribution in [-0.4, -0.2) is 11.1 Å². The van der Waals surface area contributed by atoms with Crippen LogP contribution in [0.3, 0.4) is 0 Å². The van der Waals surface area contributed by atoms with Gasteiger partial charge < -0.3 is 5.11 Å². The van der Waals surface area contributed by atoms with Crippen LogP contribution in [0.1, 0.15) is 5.56 Å². The maximum absolute atomic E-state index is 10.7. The van der Waals surface area contributed by atoms with Gasteiger partial charge in [-0.25, -0.2) is 4.79 Å². The maximum Gasteiger partial charge on any atom is 0.338 e. The standard InChI is InChI=1S/C9H5BrIN3O2/c10-8-5(2-1-3-6(8)11)4-7(9(15)16)13-14-12/h1-4H,(H,15,16)/b7-4-. The monoisotopic (exact) mass is 393 g/mol. The van der Waals surface area contributed by atoms with Crippen LogP contribution in [0.25, 0.3) is 16.5 Å². The smallest absolute Gasteiger partial charge is 0.338 e. The Bertz CT molecular complexity index is 505.